The van der Waals surface area contributed by atoms with Gasteiger partial charge in [-0.1, -0.05) is 0 Å². The van der Waals surface area contributed by atoms with E-state index in [1.54, 1.807) is 18.3 Å². The highest BCUT2D eigenvalue weighted by Crippen LogP contribution is 2.37. The van der Waals surface area contributed by atoms with Crippen LogP contribution in [-0.4, -0.2) is 57.2 Å². The van der Waals surface area contributed by atoms with E-state index in [0.29, 0.717) is 60.5 Å². The number of nitrogens with zero attached hydrogens (tertiary/aromatic N) is 6. The van der Waals surface area contributed by atoms with E-state index in [0.717, 1.165) is 46.2 Å². The molecule has 2 N–H and O–H groups in total. The van der Waals surface area contributed by atoms with Crippen molar-refractivity contribution in [2.24, 2.45) is 0 Å². The molecule has 1 fully saturated rings. The Labute approximate surface area is 253 Å². The van der Waals surface area contributed by atoms with Gasteiger partial charge in [0.15, 0.2) is 21.3 Å². The zero-order valence-electron chi connectivity index (χ0n) is 24.1. The molecule has 1 unspecified atom stereocenters. The largest absolute Gasteiger partial charge is 0.373 e. The lowest BCUT2D eigenvalue weighted by Gasteiger charge is -2.25. The third-order valence-electron chi connectivity index (χ3n) is 7.60. The minimum absolute atomic E-state index is 0.172. The van der Waals surface area contributed by atoms with Gasteiger partial charge in [-0.05, 0) is 51.3 Å². The first-order valence-corrected chi connectivity index (χ1v) is 16.9. The molecule has 7 rings (SSSR count). The second-order valence-corrected chi connectivity index (χ2v) is 14.1. The number of nitrogens with one attached hydrogen (secondary N) is 2. The maximum Gasteiger partial charge on any atom is 0.177 e. The van der Waals surface area contributed by atoms with Gasteiger partial charge in [0.2, 0.25) is 0 Å². The average molecular weight is 621 g/mol. The summed E-state index contributed by atoms with van der Waals surface area (Å²) in [6.07, 6.45) is 5.75. The van der Waals surface area contributed by atoms with Crippen molar-refractivity contribution in [2.75, 3.05) is 30.1 Å². The fourth-order valence-electron chi connectivity index (χ4n) is 5.59. The van der Waals surface area contributed by atoms with Gasteiger partial charge in [-0.3, -0.25) is 9.25 Å². The number of hydrogen-bond donors (Lipinski definition) is 2. The highest BCUT2D eigenvalue weighted by molar-refractivity contribution is 7.90. The van der Waals surface area contributed by atoms with Crippen LogP contribution in [0.3, 0.4) is 0 Å². The molecule has 0 radical (unpaired) electrons. The lowest BCUT2D eigenvalue weighted by molar-refractivity contribution is -0.0308. The van der Waals surface area contributed by atoms with Crippen molar-refractivity contribution in [3.63, 3.8) is 0 Å². The van der Waals surface area contributed by atoms with Crippen molar-refractivity contribution in [2.45, 2.75) is 57.4 Å². The lowest BCUT2D eigenvalue weighted by atomic mass is 10.2. The summed E-state index contributed by atoms with van der Waals surface area (Å²) in [4.78, 5) is 15.5. The number of fused-ring (bicyclic) bond motifs is 2. The number of benzene rings is 1. The van der Waals surface area contributed by atoms with Gasteiger partial charge in [0.1, 0.15) is 28.4 Å². The third-order valence-corrected chi connectivity index (χ3v) is 9.70. The van der Waals surface area contributed by atoms with Gasteiger partial charge in [-0.15, -0.1) is 11.3 Å². The van der Waals surface area contributed by atoms with E-state index in [1.165, 1.54) is 17.6 Å². The number of anilines is 4. The Morgan fingerprint density at radius 3 is 2.65 bits per heavy atom. The van der Waals surface area contributed by atoms with Crippen LogP contribution in [0.1, 0.15) is 41.9 Å². The molecule has 2 aliphatic rings. The molecule has 4 aromatic heterocycles. The van der Waals surface area contributed by atoms with E-state index in [9.17, 15) is 8.42 Å². The molecule has 14 heteroatoms. The van der Waals surface area contributed by atoms with Crippen molar-refractivity contribution >= 4 is 55.3 Å². The van der Waals surface area contributed by atoms with E-state index in [1.807, 2.05) is 41.3 Å². The summed E-state index contributed by atoms with van der Waals surface area (Å²) in [7, 11) is -3.60. The standard InChI is InChI=1S/C29H32N8O4S2/c1-17-15-30-29(42-17)19-7-8-21(23(12-19)43(3,38)39)32-22-14-24(33-25-13-20-16-40-11-9-36(20)35-25)34-28-27(22)31-18(2)37(28)26-6-4-5-10-41-26/h7-8,12-15,26H,4-6,9-11,16H2,1-3H3,(H2,32,33,34,35). The SMILES string of the molecule is Cc1cnc(-c2ccc(Nc3cc(Nc4cc5n(n4)CCOC5)nc4c3nc(C)n4C3CCCCO3)c(S(C)(=O)=O)c2)s1. The molecule has 5 aromatic rings. The van der Waals surface area contributed by atoms with Crippen LogP contribution in [0.15, 0.2) is 41.4 Å². The van der Waals surface area contributed by atoms with Gasteiger partial charge < -0.3 is 20.1 Å². The van der Waals surface area contributed by atoms with E-state index < -0.39 is 9.84 Å². The van der Waals surface area contributed by atoms with Crippen LogP contribution in [0.4, 0.5) is 23.0 Å². The lowest BCUT2D eigenvalue weighted by Crippen LogP contribution is -2.19. The van der Waals surface area contributed by atoms with Gasteiger partial charge in [0.05, 0.1) is 41.7 Å². The number of hydrogen-bond acceptors (Lipinski definition) is 11. The maximum absolute atomic E-state index is 13.0. The predicted octanol–water partition coefficient (Wildman–Crippen LogP) is 5.49. The van der Waals surface area contributed by atoms with E-state index >= 15 is 0 Å². The molecule has 12 nitrogen and oxygen atoms in total. The topological polar surface area (TPSA) is 138 Å². The van der Waals surface area contributed by atoms with Gasteiger partial charge in [0.25, 0.3) is 0 Å². The molecular formula is C29H32N8O4S2. The van der Waals surface area contributed by atoms with Crippen LogP contribution >= 0.6 is 11.3 Å². The molecule has 0 aliphatic carbocycles. The fourth-order valence-corrected chi connectivity index (χ4v) is 7.21. The molecule has 0 bridgehead atoms. The molecule has 6 heterocycles. The summed E-state index contributed by atoms with van der Waals surface area (Å²) in [5.41, 5.74) is 4.04. The molecule has 1 saturated heterocycles. The summed E-state index contributed by atoms with van der Waals surface area (Å²) in [6, 6.07) is 9.11. The number of rotatable bonds is 7. The molecule has 0 amide bonds. The van der Waals surface area contributed by atoms with E-state index in [-0.39, 0.29) is 11.1 Å². The molecule has 1 aromatic carbocycles. The molecule has 2 aliphatic heterocycles. The number of ether oxygens (including phenoxy) is 2. The van der Waals surface area contributed by atoms with Gasteiger partial charge in [-0.25, -0.2) is 23.4 Å². The third kappa shape index (κ3) is 5.51. The summed E-state index contributed by atoms with van der Waals surface area (Å²) < 4.78 is 41.7. The monoisotopic (exact) mass is 620 g/mol. The number of pyridine rings is 1. The Bertz CT molecular complexity index is 1920. The molecule has 43 heavy (non-hydrogen) atoms. The predicted molar refractivity (Wildman–Crippen MR) is 165 cm³/mol. The minimum atomic E-state index is -3.60. The summed E-state index contributed by atoms with van der Waals surface area (Å²) in [5, 5.41) is 12.2. The fraction of sp³-hybridized carbons (Fsp3) is 0.379. The smallest absolute Gasteiger partial charge is 0.177 e. The zero-order chi connectivity index (χ0) is 29.7. The molecule has 0 saturated carbocycles. The average Bonchev–Trinajstić information content (AvgIpc) is 3.69. The highest BCUT2D eigenvalue weighted by atomic mass is 32.2. The zero-order valence-corrected chi connectivity index (χ0v) is 25.8. The van der Waals surface area contributed by atoms with Gasteiger partial charge in [-0.2, -0.15) is 5.10 Å². The first-order valence-electron chi connectivity index (χ1n) is 14.2. The second kappa shape index (κ2) is 11.0. The molecule has 0 spiro atoms. The Morgan fingerprint density at radius 1 is 1.02 bits per heavy atom. The van der Waals surface area contributed by atoms with Crippen LogP contribution in [-0.2, 0) is 32.5 Å². The van der Waals surface area contributed by atoms with Crippen LogP contribution in [0.5, 0.6) is 0 Å². The molecule has 1 atom stereocenters. The number of thiazole rings is 1. The Morgan fingerprint density at radius 2 is 1.91 bits per heavy atom. The summed E-state index contributed by atoms with van der Waals surface area (Å²) in [6.45, 7) is 6.40. The first kappa shape index (κ1) is 28.0. The number of sulfone groups is 1. The second-order valence-electron chi connectivity index (χ2n) is 10.9. The van der Waals surface area contributed by atoms with Gasteiger partial charge >= 0.3 is 0 Å². The number of aromatic nitrogens is 6. The maximum atomic E-state index is 13.0. The van der Waals surface area contributed by atoms with Crippen LogP contribution < -0.4 is 10.6 Å². The highest BCUT2D eigenvalue weighted by Gasteiger charge is 2.25. The Kier molecular flexibility index (Phi) is 7.16. The van der Waals surface area contributed by atoms with Crippen molar-refractivity contribution < 1.29 is 17.9 Å². The minimum Gasteiger partial charge on any atom is -0.373 e. The number of imidazole rings is 1. The van der Waals surface area contributed by atoms with Crippen molar-refractivity contribution in [1.82, 2.24) is 29.3 Å². The van der Waals surface area contributed by atoms with Crippen LogP contribution in [0, 0.1) is 13.8 Å². The Hall–Kier alpha value is -3.85. The van der Waals surface area contributed by atoms with Crippen LogP contribution in [0.2, 0.25) is 0 Å². The van der Waals surface area contributed by atoms with E-state index in [4.69, 9.17) is 19.4 Å². The van der Waals surface area contributed by atoms with E-state index in [2.05, 4.69) is 20.7 Å². The number of aryl methyl sites for hydroxylation is 2. The normalized spacial score (nSPS) is 17.2. The molecular weight excluding hydrogens is 589 g/mol. The molecule has 224 valence electrons. The van der Waals surface area contributed by atoms with Crippen molar-refractivity contribution in [1.29, 1.82) is 0 Å². The first-order chi connectivity index (χ1) is 20.7. The van der Waals surface area contributed by atoms with Crippen LogP contribution in [0.25, 0.3) is 21.7 Å². The summed E-state index contributed by atoms with van der Waals surface area (Å²) >= 11 is 1.52. The van der Waals surface area contributed by atoms with Crippen molar-refractivity contribution in [3.05, 3.63) is 52.9 Å². The summed E-state index contributed by atoms with van der Waals surface area (Å²) in [5.74, 6) is 1.95. The van der Waals surface area contributed by atoms with Crippen molar-refractivity contribution in [3.8, 4) is 10.6 Å². The Balaban J connectivity index is 1.34. The quantitative estimate of drug-likeness (QED) is 0.240. The van der Waals surface area contributed by atoms with Gasteiger partial charge in [0, 0.05) is 41.6 Å².